The van der Waals surface area contributed by atoms with Crippen LogP contribution in [-0.4, -0.2) is 91.5 Å². The van der Waals surface area contributed by atoms with Crippen LogP contribution in [0.3, 0.4) is 0 Å². The lowest BCUT2D eigenvalue weighted by Crippen LogP contribution is -2.50. The van der Waals surface area contributed by atoms with E-state index in [1.165, 1.54) is 51.4 Å². The first-order chi connectivity index (χ1) is 20.4. The Morgan fingerprint density at radius 3 is 1.93 bits per heavy atom. The molecule has 0 aromatic heterocycles. The number of aliphatic hydroxyl groups excluding tert-OH is 1. The molecular weight excluding hydrogens is 539 g/mol. The van der Waals surface area contributed by atoms with E-state index in [2.05, 4.69) is 10.6 Å². The third-order valence-electron chi connectivity index (χ3n) is 7.56. The third-order valence-corrected chi connectivity index (χ3v) is 7.56. The molecule has 2 saturated heterocycles. The number of aromatic hydroxyl groups is 1. The Labute approximate surface area is 249 Å². The lowest BCUT2D eigenvalue weighted by molar-refractivity contribution is -0.106. The number of rotatable bonds is 4. The fourth-order valence-electron chi connectivity index (χ4n) is 5.39. The highest BCUT2D eigenvalue weighted by molar-refractivity contribution is 5.96. The molecule has 2 aromatic carbocycles. The molecule has 2 heterocycles. The zero-order valence-electron chi connectivity index (χ0n) is 25.2. The Bertz CT molecular complexity index is 1120. The van der Waals surface area contributed by atoms with Crippen LogP contribution in [-0.2, 0) is 4.79 Å². The van der Waals surface area contributed by atoms with Crippen LogP contribution in [0.5, 0.6) is 5.75 Å². The van der Waals surface area contributed by atoms with E-state index < -0.39 is 5.82 Å². The molecule has 10 heteroatoms. The van der Waals surface area contributed by atoms with Crippen LogP contribution in [0.4, 0.5) is 10.1 Å². The average Bonchev–Trinajstić information content (AvgIpc) is 3.63. The molecule has 3 aliphatic rings. The van der Waals surface area contributed by atoms with Gasteiger partial charge in [0.2, 0.25) is 0 Å². The van der Waals surface area contributed by atoms with Gasteiger partial charge in [0.15, 0.2) is 0 Å². The number of phenols is 1. The SMILES string of the molecule is C1CCNC1.CC=O.CNc1cc(F)cc(C(=O)N2CCN(C(=O)c3ccc(O)c(C4CCCCC4)c3)CC2)c1.CO. The van der Waals surface area contributed by atoms with E-state index in [0.29, 0.717) is 48.9 Å². The molecule has 4 N–H and O–H groups in total. The van der Waals surface area contributed by atoms with Crippen LogP contribution >= 0.6 is 0 Å². The van der Waals surface area contributed by atoms with Gasteiger partial charge in [0, 0.05) is 57.2 Å². The molecule has 232 valence electrons. The number of hydrogen-bond donors (Lipinski definition) is 4. The number of benzene rings is 2. The van der Waals surface area contributed by atoms with Crippen molar-refractivity contribution in [3.8, 4) is 5.75 Å². The minimum Gasteiger partial charge on any atom is -0.508 e. The number of carbonyl (C=O) groups excluding carboxylic acids is 3. The second kappa shape index (κ2) is 18.8. The van der Waals surface area contributed by atoms with Gasteiger partial charge < -0.3 is 35.4 Å². The van der Waals surface area contributed by atoms with Crippen molar-refractivity contribution in [2.75, 3.05) is 58.7 Å². The first kappa shape index (κ1) is 34.7. The van der Waals surface area contributed by atoms with Crippen LogP contribution in [0.1, 0.15) is 84.1 Å². The van der Waals surface area contributed by atoms with Crippen LogP contribution < -0.4 is 10.6 Å². The van der Waals surface area contributed by atoms with Crippen molar-refractivity contribution in [1.82, 2.24) is 15.1 Å². The summed E-state index contributed by atoms with van der Waals surface area (Å²) in [5, 5.41) is 23.4. The van der Waals surface area contributed by atoms with Gasteiger partial charge in [-0.1, -0.05) is 19.3 Å². The quantitative estimate of drug-likeness (QED) is 0.392. The Balaban J connectivity index is 0.000000532. The molecule has 0 atom stereocenters. The van der Waals surface area contributed by atoms with Gasteiger partial charge in [-0.2, -0.15) is 0 Å². The van der Waals surface area contributed by atoms with E-state index in [-0.39, 0.29) is 17.6 Å². The highest BCUT2D eigenvalue weighted by Crippen LogP contribution is 2.37. The molecule has 9 nitrogen and oxygen atoms in total. The van der Waals surface area contributed by atoms with Gasteiger partial charge in [0.05, 0.1) is 0 Å². The normalized spacial score (nSPS) is 16.5. The molecule has 2 aliphatic heterocycles. The van der Waals surface area contributed by atoms with Gasteiger partial charge >= 0.3 is 0 Å². The second-order valence-corrected chi connectivity index (χ2v) is 10.4. The topological polar surface area (TPSA) is 122 Å². The maximum atomic E-state index is 13.8. The summed E-state index contributed by atoms with van der Waals surface area (Å²) in [5.41, 5.74) is 2.29. The predicted octanol–water partition coefficient (Wildman–Crippen LogP) is 4.40. The number of phenolic OH excluding ortho intramolecular Hbond substituents is 1. The summed E-state index contributed by atoms with van der Waals surface area (Å²) in [5.74, 6) is -0.218. The highest BCUT2D eigenvalue weighted by atomic mass is 19.1. The fourth-order valence-corrected chi connectivity index (χ4v) is 5.39. The lowest BCUT2D eigenvalue weighted by Gasteiger charge is -2.35. The van der Waals surface area contributed by atoms with Crippen LogP contribution in [0.15, 0.2) is 36.4 Å². The molecular formula is C32H47FN4O5. The molecule has 3 fully saturated rings. The van der Waals surface area contributed by atoms with Gasteiger partial charge in [-0.05, 0) is 93.6 Å². The maximum absolute atomic E-state index is 13.8. The second-order valence-electron chi connectivity index (χ2n) is 10.4. The summed E-state index contributed by atoms with van der Waals surface area (Å²) in [6.07, 6.45) is 9.15. The largest absolute Gasteiger partial charge is 0.508 e. The summed E-state index contributed by atoms with van der Waals surface area (Å²) < 4.78 is 13.8. The van der Waals surface area contributed by atoms with Crippen molar-refractivity contribution < 1.29 is 29.0 Å². The number of halogens is 1. The van der Waals surface area contributed by atoms with E-state index in [1.54, 1.807) is 35.0 Å². The van der Waals surface area contributed by atoms with Crippen LogP contribution in [0, 0.1) is 5.82 Å². The molecule has 1 aliphatic carbocycles. The van der Waals surface area contributed by atoms with Crippen molar-refractivity contribution in [3.63, 3.8) is 0 Å². The summed E-state index contributed by atoms with van der Waals surface area (Å²) in [4.78, 5) is 38.1. The number of piperazine rings is 1. The Morgan fingerprint density at radius 1 is 0.881 bits per heavy atom. The monoisotopic (exact) mass is 586 g/mol. The number of hydrogen-bond acceptors (Lipinski definition) is 7. The zero-order valence-corrected chi connectivity index (χ0v) is 25.2. The summed E-state index contributed by atoms with van der Waals surface area (Å²) >= 11 is 0. The summed E-state index contributed by atoms with van der Waals surface area (Å²) in [6.45, 7) is 5.56. The van der Waals surface area contributed by atoms with Gasteiger partial charge in [-0.25, -0.2) is 4.39 Å². The molecule has 0 radical (unpaired) electrons. The number of nitrogens with zero attached hydrogens (tertiary/aromatic N) is 2. The predicted molar refractivity (Wildman–Crippen MR) is 164 cm³/mol. The van der Waals surface area contributed by atoms with E-state index in [0.717, 1.165) is 44.6 Å². The number of carbonyl (C=O) groups is 3. The first-order valence-electron chi connectivity index (χ1n) is 14.8. The van der Waals surface area contributed by atoms with Crippen LogP contribution in [0.25, 0.3) is 0 Å². The number of anilines is 1. The van der Waals surface area contributed by atoms with Crippen molar-refractivity contribution in [2.45, 2.75) is 57.8 Å². The molecule has 0 spiro atoms. The number of aldehydes is 1. The van der Waals surface area contributed by atoms with Crippen molar-refractivity contribution in [2.24, 2.45) is 0 Å². The molecule has 1 saturated carbocycles. The maximum Gasteiger partial charge on any atom is 0.254 e. The van der Waals surface area contributed by atoms with Crippen molar-refractivity contribution in [3.05, 3.63) is 58.9 Å². The Kier molecular flexibility index (Phi) is 15.6. The highest BCUT2D eigenvalue weighted by Gasteiger charge is 2.27. The molecule has 42 heavy (non-hydrogen) atoms. The summed E-state index contributed by atoms with van der Waals surface area (Å²) in [6, 6.07) is 9.35. The van der Waals surface area contributed by atoms with Gasteiger partial charge in [0.25, 0.3) is 11.8 Å². The molecule has 0 bridgehead atoms. The van der Waals surface area contributed by atoms with Gasteiger partial charge in [0.1, 0.15) is 17.9 Å². The third kappa shape index (κ3) is 10.4. The molecule has 5 rings (SSSR count). The number of amides is 2. The number of nitrogens with one attached hydrogen (secondary N) is 2. The Hall–Kier alpha value is -3.50. The van der Waals surface area contributed by atoms with E-state index in [4.69, 9.17) is 9.90 Å². The lowest BCUT2D eigenvalue weighted by atomic mass is 9.83. The zero-order chi connectivity index (χ0) is 30.9. The standard InChI is InChI=1S/C25H30FN3O3.C4H9N.C2H4O.CH4O/c1-27-21-14-19(13-20(26)16-21)25(32)29-11-9-28(10-12-29)24(31)18-7-8-23(30)22(15-18)17-5-3-2-4-6-17;1-2-4-5-3-1;1-2-3;1-2/h7-8,13-17,27,30H,2-6,9-12H2,1H3;5H,1-4H2;2H,1H3;2H,1H3. The van der Waals surface area contributed by atoms with Gasteiger partial charge in [-0.3, -0.25) is 9.59 Å². The van der Waals surface area contributed by atoms with Crippen molar-refractivity contribution in [1.29, 1.82) is 0 Å². The summed E-state index contributed by atoms with van der Waals surface area (Å²) in [7, 11) is 2.68. The van der Waals surface area contributed by atoms with Crippen molar-refractivity contribution >= 4 is 23.8 Å². The van der Waals surface area contributed by atoms with Gasteiger partial charge in [-0.15, -0.1) is 0 Å². The van der Waals surface area contributed by atoms with Crippen LogP contribution in [0.2, 0.25) is 0 Å². The minimum absolute atomic E-state index is 0.0858. The first-order valence-corrected chi connectivity index (χ1v) is 14.8. The molecule has 2 aromatic rings. The average molecular weight is 587 g/mol. The van der Waals surface area contributed by atoms with E-state index in [1.807, 2.05) is 6.07 Å². The number of aliphatic hydroxyl groups is 1. The minimum atomic E-state index is -0.463. The fraction of sp³-hybridized carbons (Fsp3) is 0.531. The van der Waals surface area contributed by atoms with E-state index in [9.17, 15) is 19.1 Å². The smallest absolute Gasteiger partial charge is 0.254 e. The molecule has 0 unspecified atom stereocenters. The Morgan fingerprint density at radius 2 is 1.43 bits per heavy atom. The molecule has 2 amide bonds. The van der Waals surface area contributed by atoms with E-state index >= 15 is 0 Å².